The molecule has 1 aliphatic heterocycles. The summed E-state index contributed by atoms with van der Waals surface area (Å²) in [6.07, 6.45) is 2.39. The zero-order valence-electron chi connectivity index (χ0n) is 11.0. The second-order valence-corrected chi connectivity index (χ2v) is 4.75. The maximum Gasteiger partial charge on any atom is 0.313 e. The van der Waals surface area contributed by atoms with E-state index in [1.165, 1.54) is 0 Å². The third-order valence-corrected chi connectivity index (χ3v) is 3.55. The molecule has 6 nitrogen and oxygen atoms in total. The van der Waals surface area contributed by atoms with E-state index in [0.717, 1.165) is 31.7 Å². The topological polar surface area (TPSA) is 73.0 Å². The summed E-state index contributed by atoms with van der Waals surface area (Å²) in [6, 6.07) is 0. The molecule has 0 aromatic carbocycles. The number of hydrogen-bond donors (Lipinski definition) is 1. The van der Waals surface area contributed by atoms with E-state index in [0.29, 0.717) is 24.5 Å². The highest BCUT2D eigenvalue weighted by atomic mass is 16.6. The summed E-state index contributed by atoms with van der Waals surface area (Å²) in [5.41, 5.74) is 1.61. The molecule has 1 fully saturated rings. The number of rotatable bonds is 5. The van der Waals surface area contributed by atoms with E-state index >= 15 is 0 Å². The van der Waals surface area contributed by atoms with Crippen molar-refractivity contribution >= 4 is 5.69 Å². The van der Waals surface area contributed by atoms with Crippen molar-refractivity contribution in [1.29, 1.82) is 0 Å². The van der Waals surface area contributed by atoms with E-state index in [2.05, 4.69) is 10.4 Å². The average Bonchev–Trinajstić information content (AvgIpc) is 2.96. The van der Waals surface area contributed by atoms with Gasteiger partial charge in [-0.25, -0.2) is 0 Å². The predicted molar refractivity (Wildman–Crippen MR) is 68.6 cm³/mol. The molecule has 0 saturated carbocycles. The van der Waals surface area contributed by atoms with Crippen molar-refractivity contribution in [3.05, 3.63) is 21.5 Å². The molecule has 0 amide bonds. The van der Waals surface area contributed by atoms with Gasteiger partial charge < -0.3 is 5.32 Å². The zero-order valence-corrected chi connectivity index (χ0v) is 11.0. The highest BCUT2D eigenvalue weighted by molar-refractivity contribution is 5.41. The van der Waals surface area contributed by atoms with Crippen LogP contribution in [0.1, 0.15) is 31.7 Å². The van der Waals surface area contributed by atoms with Gasteiger partial charge in [0.1, 0.15) is 11.4 Å². The molecule has 0 bridgehead atoms. The Kier molecular flexibility index (Phi) is 3.96. The smallest absolute Gasteiger partial charge is 0.313 e. The maximum atomic E-state index is 11.2. The van der Waals surface area contributed by atoms with Gasteiger partial charge in [-0.3, -0.25) is 14.8 Å². The Hall–Kier alpha value is -1.43. The Bertz CT molecular complexity index is 436. The van der Waals surface area contributed by atoms with Gasteiger partial charge in [0.2, 0.25) is 0 Å². The Morgan fingerprint density at radius 2 is 2.28 bits per heavy atom. The molecule has 1 N–H and O–H groups in total. The van der Waals surface area contributed by atoms with E-state index in [1.807, 2.05) is 18.5 Å². The lowest BCUT2D eigenvalue weighted by Gasteiger charge is -2.10. The van der Waals surface area contributed by atoms with Crippen LogP contribution in [0.4, 0.5) is 5.69 Å². The molecular formula is C12H20N4O2. The van der Waals surface area contributed by atoms with Crippen LogP contribution in [0.2, 0.25) is 0 Å². The first-order valence-corrected chi connectivity index (χ1v) is 6.61. The summed E-state index contributed by atoms with van der Waals surface area (Å²) < 4.78 is 1.86. The first-order chi connectivity index (χ1) is 8.67. The molecule has 1 aliphatic rings. The number of aromatic nitrogens is 2. The molecule has 1 unspecified atom stereocenters. The minimum atomic E-state index is -0.284. The summed E-state index contributed by atoms with van der Waals surface area (Å²) >= 11 is 0. The van der Waals surface area contributed by atoms with Crippen molar-refractivity contribution in [1.82, 2.24) is 15.1 Å². The molecular weight excluding hydrogens is 232 g/mol. The monoisotopic (exact) mass is 252 g/mol. The summed E-state index contributed by atoms with van der Waals surface area (Å²) in [5, 5.41) is 18.9. The fraction of sp³-hybridized carbons (Fsp3) is 0.750. The van der Waals surface area contributed by atoms with Gasteiger partial charge in [-0.05, 0) is 38.3 Å². The van der Waals surface area contributed by atoms with Crippen molar-refractivity contribution < 1.29 is 4.92 Å². The molecule has 18 heavy (non-hydrogen) atoms. The third kappa shape index (κ3) is 2.38. The zero-order chi connectivity index (χ0) is 13.1. The van der Waals surface area contributed by atoms with E-state index in [-0.39, 0.29) is 10.6 Å². The van der Waals surface area contributed by atoms with Gasteiger partial charge in [0, 0.05) is 6.54 Å². The maximum absolute atomic E-state index is 11.2. The third-order valence-electron chi connectivity index (χ3n) is 3.55. The molecule has 0 radical (unpaired) electrons. The summed E-state index contributed by atoms with van der Waals surface area (Å²) in [4.78, 5) is 10.9. The quantitative estimate of drug-likeness (QED) is 0.637. The highest BCUT2D eigenvalue weighted by Crippen LogP contribution is 2.26. The van der Waals surface area contributed by atoms with Gasteiger partial charge in [-0.1, -0.05) is 13.8 Å². The van der Waals surface area contributed by atoms with Crippen LogP contribution in [0.25, 0.3) is 0 Å². The fourth-order valence-electron chi connectivity index (χ4n) is 2.61. The van der Waals surface area contributed by atoms with E-state index in [9.17, 15) is 10.1 Å². The summed E-state index contributed by atoms with van der Waals surface area (Å²) in [7, 11) is 0. The van der Waals surface area contributed by atoms with Crippen LogP contribution in [0.3, 0.4) is 0 Å². The van der Waals surface area contributed by atoms with Crippen molar-refractivity contribution in [2.45, 2.75) is 39.7 Å². The number of nitrogens with one attached hydrogen (secondary N) is 1. The van der Waals surface area contributed by atoms with Gasteiger partial charge >= 0.3 is 5.69 Å². The van der Waals surface area contributed by atoms with E-state index in [4.69, 9.17) is 0 Å². The van der Waals surface area contributed by atoms with Crippen molar-refractivity contribution in [3.63, 3.8) is 0 Å². The molecule has 0 spiro atoms. The molecule has 1 aromatic heterocycles. The lowest BCUT2D eigenvalue weighted by Crippen LogP contribution is -2.17. The largest absolute Gasteiger partial charge is 0.316 e. The number of nitro groups is 1. The second kappa shape index (κ2) is 5.48. The summed E-state index contributed by atoms with van der Waals surface area (Å²) in [5.74, 6) is 0.541. The minimum Gasteiger partial charge on any atom is -0.316 e. The first kappa shape index (κ1) is 13.0. The Balaban J connectivity index is 2.31. The average molecular weight is 252 g/mol. The van der Waals surface area contributed by atoms with Crippen molar-refractivity contribution in [2.24, 2.45) is 5.92 Å². The first-order valence-electron chi connectivity index (χ1n) is 6.61. The lowest BCUT2D eigenvalue weighted by atomic mass is 10.1. The van der Waals surface area contributed by atoms with Crippen molar-refractivity contribution in [2.75, 3.05) is 13.1 Å². The molecule has 0 aliphatic carbocycles. The summed E-state index contributed by atoms with van der Waals surface area (Å²) in [6.45, 7) is 6.68. The molecule has 2 heterocycles. The Labute approximate surface area is 107 Å². The number of aryl methyl sites for hydroxylation is 1. The van der Waals surface area contributed by atoms with Gasteiger partial charge in [0.05, 0.1) is 4.92 Å². The predicted octanol–water partition coefficient (Wildman–Crippen LogP) is 1.53. The highest BCUT2D eigenvalue weighted by Gasteiger charge is 2.27. The standard InChI is InChI=1S/C12H20N4O2/c1-3-10-12(16(17)18)11(4-2)15(14-10)8-9-5-6-13-7-9/h9,13H,3-8H2,1-2H3. The van der Waals surface area contributed by atoms with Crippen LogP contribution in [0.15, 0.2) is 0 Å². The van der Waals surface area contributed by atoms with Crippen LogP contribution < -0.4 is 5.32 Å². The molecule has 1 saturated heterocycles. The van der Waals surface area contributed by atoms with Crippen LogP contribution in [0, 0.1) is 16.0 Å². The van der Waals surface area contributed by atoms with Crippen LogP contribution in [-0.2, 0) is 19.4 Å². The Morgan fingerprint density at radius 3 is 2.78 bits per heavy atom. The van der Waals surface area contributed by atoms with Crippen LogP contribution >= 0.6 is 0 Å². The molecule has 100 valence electrons. The fourth-order valence-corrected chi connectivity index (χ4v) is 2.61. The SMILES string of the molecule is CCc1nn(CC2CCNC2)c(CC)c1[N+](=O)[O-]. The Morgan fingerprint density at radius 1 is 1.50 bits per heavy atom. The van der Waals surface area contributed by atoms with Crippen LogP contribution in [-0.4, -0.2) is 27.8 Å². The van der Waals surface area contributed by atoms with Gasteiger partial charge in [0.15, 0.2) is 0 Å². The van der Waals surface area contributed by atoms with Gasteiger partial charge in [0.25, 0.3) is 0 Å². The second-order valence-electron chi connectivity index (χ2n) is 4.75. The van der Waals surface area contributed by atoms with Gasteiger partial charge in [-0.15, -0.1) is 0 Å². The minimum absolute atomic E-state index is 0.228. The van der Waals surface area contributed by atoms with Gasteiger partial charge in [-0.2, -0.15) is 5.10 Å². The molecule has 2 rings (SSSR count). The van der Waals surface area contributed by atoms with E-state index < -0.39 is 0 Å². The molecule has 1 aromatic rings. The van der Waals surface area contributed by atoms with Crippen molar-refractivity contribution in [3.8, 4) is 0 Å². The lowest BCUT2D eigenvalue weighted by molar-refractivity contribution is -0.386. The molecule has 1 atom stereocenters. The van der Waals surface area contributed by atoms with E-state index in [1.54, 1.807) is 0 Å². The van der Waals surface area contributed by atoms with Crippen LogP contribution in [0.5, 0.6) is 0 Å². The normalized spacial score (nSPS) is 19.3. The number of nitrogens with zero attached hydrogens (tertiary/aromatic N) is 3. The molecule has 6 heteroatoms. The number of hydrogen-bond acceptors (Lipinski definition) is 4.